The number of nitrogens with zero attached hydrogens (tertiary/aromatic N) is 1. The van der Waals surface area contributed by atoms with Gasteiger partial charge in [-0.2, -0.15) is 0 Å². The molecule has 1 aromatic heterocycles. The van der Waals surface area contributed by atoms with Crippen LogP contribution in [-0.2, 0) is 0 Å². The molecule has 0 aliphatic rings. The largest absolute Gasteiger partial charge is 0.490 e. The molecule has 0 radical (unpaired) electrons. The summed E-state index contributed by atoms with van der Waals surface area (Å²) < 4.78 is 5.58. The standard InChI is InChI=1S/C13H18N2O/c1-3-5-6-9-14-13-12(16-11-4-2)8-7-10-15-13/h7-8,10H,4,6,9,11H2,1-2H3,(H,14,15). The Labute approximate surface area is 97.2 Å². The molecule has 0 atom stereocenters. The first-order chi connectivity index (χ1) is 7.88. The van der Waals surface area contributed by atoms with E-state index in [2.05, 4.69) is 29.1 Å². The Morgan fingerprint density at radius 3 is 3.12 bits per heavy atom. The van der Waals surface area contributed by atoms with Crippen LogP contribution in [0.3, 0.4) is 0 Å². The highest BCUT2D eigenvalue weighted by Gasteiger charge is 2.02. The van der Waals surface area contributed by atoms with Crippen molar-refractivity contribution in [3.05, 3.63) is 18.3 Å². The molecule has 1 rings (SSSR count). The number of pyridine rings is 1. The molecule has 0 unspecified atom stereocenters. The lowest BCUT2D eigenvalue weighted by atomic mass is 10.4. The van der Waals surface area contributed by atoms with Crippen molar-refractivity contribution < 1.29 is 4.74 Å². The van der Waals surface area contributed by atoms with Crippen LogP contribution in [0.15, 0.2) is 18.3 Å². The minimum atomic E-state index is 0.717. The Bertz CT molecular complexity index is 366. The van der Waals surface area contributed by atoms with Gasteiger partial charge in [-0.15, -0.1) is 11.8 Å². The number of hydrogen-bond acceptors (Lipinski definition) is 3. The Hall–Kier alpha value is -1.69. The Kier molecular flexibility index (Phi) is 5.87. The molecular weight excluding hydrogens is 200 g/mol. The van der Waals surface area contributed by atoms with E-state index in [-0.39, 0.29) is 0 Å². The van der Waals surface area contributed by atoms with Gasteiger partial charge in [-0.1, -0.05) is 6.92 Å². The molecule has 0 spiro atoms. The number of anilines is 1. The maximum absolute atomic E-state index is 5.58. The smallest absolute Gasteiger partial charge is 0.168 e. The fourth-order valence-corrected chi connectivity index (χ4v) is 1.22. The van der Waals surface area contributed by atoms with Gasteiger partial charge < -0.3 is 10.1 Å². The topological polar surface area (TPSA) is 34.2 Å². The van der Waals surface area contributed by atoms with Crippen LogP contribution in [0.1, 0.15) is 26.7 Å². The van der Waals surface area contributed by atoms with Gasteiger partial charge in [0.15, 0.2) is 11.6 Å². The van der Waals surface area contributed by atoms with Crippen molar-refractivity contribution in [2.24, 2.45) is 0 Å². The van der Waals surface area contributed by atoms with Crippen molar-refractivity contribution in [2.75, 3.05) is 18.5 Å². The quantitative estimate of drug-likeness (QED) is 0.589. The van der Waals surface area contributed by atoms with Crippen LogP contribution < -0.4 is 10.1 Å². The lowest BCUT2D eigenvalue weighted by Crippen LogP contribution is -2.05. The molecule has 0 aliphatic carbocycles. The highest BCUT2D eigenvalue weighted by atomic mass is 16.5. The van der Waals surface area contributed by atoms with Crippen LogP contribution in [0.5, 0.6) is 5.75 Å². The summed E-state index contributed by atoms with van der Waals surface area (Å²) in [6, 6.07) is 3.80. The van der Waals surface area contributed by atoms with Gasteiger partial charge >= 0.3 is 0 Å². The second kappa shape index (κ2) is 7.58. The average Bonchev–Trinajstić information content (AvgIpc) is 2.33. The van der Waals surface area contributed by atoms with E-state index in [1.807, 2.05) is 19.1 Å². The van der Waals surface area contributed by atoms with Crippen LogP contribution >= 0.6 is 0 Å². The third-order valence-corrected chi connectivity index (χ3v) is 1.95. The van der Waals surface area contributed by atoms with Crippen LogP contribution in [-0.4, -0.2) is 18.1 Å². The molecule has 1 N–H and O–H groups in total. The first-order valence-electron chi connectivity index (χ1n) is 5.59. The summed E-state index contributed by atoms with van der Waals surface area (Å²) in [6.45, 7) is 5.44. The van der Waals surface area contributed by atoms with Crippen molar-refractivity contribution >= 4 is 5.82 Å². The Morgan fingerprint density at radius 1 is 1.50 bits per heavy atom. The predicted molar refractivity (Wildman–Crippen MR) is 66.6 cm³/mol. The molecular formula is C13H18N2O. The Morgan fingerprint density at radius 2 is 2.38 bits per heavy atom. The van der Waals surface area contributed by atoms with Crippen LogP contribution in [0.4, 0.5) is 5.82 Å². The molecule has 16 heavy (non-hydrogen) atoms. The SMILES string of the molecule is CC#CCCNc1ncccc1OCCC. The summed E-state index contributed by atoms with van der Waals surface area (Å²) in [7, 11) is 0. The fourth-order valence-electron chi connectivity index (χ4n) is 1.22. The van der Waals surface area contributed by atoms with Gasteiger partial charge in [0.25, 0.3) is 0 Å². The molecule has 0 saturated heterocycles. The van der Waals surface area contributed by atoms with Crippen molar-refractivity contribution in [2.45, 2.75) is 26.7 Å². The van der Waals surface area contributed by atoms with Gasteiger partial charge in [-0.25, -0.2) is 4.98 Å². The zero-order chi connectivity index (χ0) is 11.6. The number of hydrogen-bond donors (Lipinski definition) is 1. The first-order valence-corrected chi connectivity index (χ1v) is 5.59. The molecule has 0 amide bonds. The monoisotopic (exact) mass is 218 g/mol. The molecule has 0 saturated carbocycles. The molecule has 0 bridgehead atoms. The molecule has 1 aromatic rings. The lowest BCUT2D eigenvalue weighted by Gasteiger charge is -2.10. The number of ether oxygens (including phenoxy) is 1. The molecule has 3 nitrogen and oxygen atoms in total. The van der Waals surface area contributed by atoms with Gasteiger partial charge in [0, 0.05) is 19.2 Å². The summed E-state index contributed by atoms with van der Waals surface area (Å²) in [5, 5.41) is 3.22. The zero-order valence-corrected chi connectivity index (χ0v) is 9.92. The highest BCUT2D eigenvalue weighted by Crippen LogP contribution is 2.20. The normalized spacial score (nSPS) is 9.12. The summed E-state index contributed by atoms with van der Waals surface area (Å²) in [4.78, 5) is 4.24. The molecule has 1 heterocycles. The molecule has 0 aliphatic heterocycles. The number of rotatable bonds is 6. The van der Waals surface area contributed by atoms with Crippen LogP contribution in [0.2, 0.25) is 0 Å². The third kappa shape index (κ3) is 4.22. The summed E-state index contributed by atoms with van der Waals surface area (Å²) in [6.07, 6.45) is 3.57. The summed E-state index contributed by atoms with van der Waals surface area (Å²) in [5.74, 6) is 7.47. The maximum Gasteiger partial charge on any atom is 0.168 e. The minimum absolute atomic E-state index is 0.717. The Balaban J connectivity index is 2.51. The van der Waals surface area contributed by atoms with E-state index in [4.69, 9.17) is 4.74 Å². The van der Waals surface area contributed by atoms with E-state index in [0.717, 1.165) is 37.6 Å². The van der Waals surface area contributed by atoms with E-state index in [9.17, 15) is 0 Å². The van der Waals surface area contributed by atoms with Gasteiger partial charge in [0.2, 0.25) is 0 Å². The van der Waals surface area contributed by atoms with Crippen molar-refractivity contribution in [1.29, 1.82) is 0 Å². The number of aromatic nitrogens is 1. The highest BCUT2D eigenvalue weighted by molar-refractivity contribution is 5.49. The summed E-state index contributed by atoms with van der Waals surface area (Å²) >= 11 is 0. The third-order valence-electron chi connectivity index (χ3n) is 1.95. The van der Waals surface area contributed by atoms with Gasteiger partial charge in [0.05, 0.1) is 6.61 Å². The van der Waals surface area contributed by atoms with E-state index >= 15 is 0 Å². The second-order valence-corrected chi connectivity index (χ2v) is 3.30. The van der Waals surface area contributed by atoms with E-state index in [1.54, 1.807) is 6.20 Å². The van der Waals surface area contributed by atoms with E-state index < -0.39 is 0 Å². The molecule has 0 fully saturated rings. The summed E-state index contributed by atoms with van der Waals surface area (Å²) in [5.41, 5.74) is 0. The molecule has 86 valence electrons. The van der Waals surface area contributed by atoms with E-state index in [0.29, 0.717) is 0 Å². The average molecular weight is 218 g/mol. The van der Waals surface area contributed by atoms with Crippen molar-refractivity contribution in [1.82, 2.24) is 4.98 Å². The fraction of sp³-hybridized carbons (Fsp3) is 0.462. The minimum Gasteiger partial charge on any atom is -0.490 e. The molecule has 0 aromatic carbocycles. The predicted octanol–water partition coefficient (Wildman–Crippen LogP) is 2.70. The second-order valence-electron chi connectivity index (χ2n) is 3.30. The van der Waals surface area contributed by atoms with Crippen LogP contribution in [0, 0.1) is 11.8 Å². The van der Waals surface area contributed by atoms with Crippen molar-refractivity contribution in [3.8, 4) is 17.6 Å². The van der Waals surface area contributed by atoms with Gasteiger partial charge in [-0.05, 0) is 25.5 Å². The first kappa shape index (κ1) is 12.4. The molecule has 3 heteroatoms. The van der Waals surface area contributed by atoms with Gasteiger partial charge in [0.1, 0.15) is 0 Å². The maximum atomic E-state index is 5.58. The zero-order valence-electron chi connectivity index (χ0n) is 9.92. The lowest BCUT2D eigenvalue weighted by molar-refractivity contribution is 0.318. The van der Waals surface area contributed by atoms with E-state index in [1.165, 1.54) is 0 Å². The van der Waals surface area contributed by atoms with Crippen molar-refractivity contribution in [3.63, 3.8) is 0 Å². The van der Waals surface area contributed by atoms with Crippen LogP contribution in [0.25, 0.3) is 0 Å². The number of nitrogens with one attached hydrogen (secondary N) is 1. The van der Waals surface area contributed by atoms with Gasteiger partial charge in [-0.3, -0.25) is 0 Å².